The van der Waals surface area contributed by atoms with E-state index in [9.17, 15) is 34.9 Å². The third kappa shape index (κ3) is 11.9. The van der Waals surface area contributed by atoms with Crippen LogP contribution in [0.4, 0.5) is 28.4 Å². The Labute approximate surface area is 333 Å². The van der Waals surface area contributed by atoms with Gasteiger partial charge in [0, 0.05) is 34.7 Å². The standard InChI is InChI=1S/C30H30N6O16S5/c1-36(2)9-12-55(39,40)17-5-8-21(27(13-17)56(41,42)43)32-34-28-19-14-26(54-51-50-38)29(30(37)18(19)6-7-20(28)31)35-33-22-15-24(48-4)25(16-23(22)47-3)53-11-10-49-52-57(44,45)46/h5-8,13-16,37-38H,9,12,31H2,1-4H3,(H,41,42,43)(H,44,45,46). The summed E-state index contributed by atoms with van der Waals surface area (Å²) in [6.45, 7) is 0.142. The normalized spacial score (nSPS) is 12.4. The number of aromatic hydroxyl groups is 1. The maximum Gasteiger partial charge on any atom is 0.433 e. The summed E-state index contributed by atoms with van der Waals surface area (Å²) >= 11 is 1.16. The number of rotatable bonds is 17. The van der Waals surface area contributed by atoms with E-state index >= 15 is 0 Å². The Balaban J connectivity index is 1.79. The summed E-state index contributed by atoms with van der Waals surface area (Å²) < 4.78 is 109. The maximum absolute atomic E-state index is 12.8. The Hall–Kier alpha value is -4.83. The molecule has 0 bridgehead atoms. The van der Waals surface area contributed by atoms with Crippen LogP contribution in [0.25, 0.3) is 10.8 Å². The van der Waals surface area contributed by atoms with Crippen molar-refractivity contribution < 1.29 is 72.8 Å². The SMILES string of the molecule is COc1cc(SC#COOS(=O)(=O)O)c(OC)cc1N=Nc1c(SOOO)cc2c(N=Nc3ccc(S(=O)(=O)CCN(C)C)cc3S(=O)(=O)O)c(N)ccc2c1O. The number of thioether (sulfide) groups is 1. The highest BCUT2D eigenvalue weighted by Crippen LogP contribution is 2.49. The van der Waals surface area contributed by atoms with Crippen molar-refractivity contribution in [2.45, 2.75) is 19.6 Å². The number of fused-ring (bicyclic) bond motifs is 1. The second-order valence-electron chi connectivity index (χ2n) is 11.1. The molecule has 27 heteroatoms. The van der Waals surface area contributed by atoms with Crippen LogP contribution in [0.2, 0.25) is 0 Å². The summed E-state index contributed by atoms with van der Waals surface area (Å²) in [5.74, 6) is -0.571. The molecule has 0 atom stereocenters. The van der Waals surface area contributed by atoms with Crippen LogP contribution < -0.4 is 15.2 Å². The van der Waals surface area contributed by atoms with E-state index in [4.69, 9.17) is 25.0 Å². The number of hydrogen-bond acceptors (Lipinski definition) is 22. The summed E-state index contributed by atoms with van der Waals surface area (Å²) in [4.78, 5) is 4.76. The molecule has 4 aromatic rings. The molecule has 306 valence electrons. The van der Waals surface area contributed by atoms with E-state index in [1.54, 1.807) is 19.0 Å². The summed E-state index contributed by atoms with van der Waals surface area (Å²) in [7, 11) is -7.92. The van der Waals surface area contributed by atoms with Crippen molar-refractivity contribution >= 4 is 93.4 Å². The Morgan fingerprint density at radius 1 is 0.825 bits per heavy atom. The van der Waals surface area contributed by atoms with Gasteiger partial charge in [0.05, 0.1) is 52.4 Å². The Bertz CT molecular complexity index is 2610. The number of methoxy groups -OCH3 is 2. The van der Waals surface area contributed by atoms with Crippen molar-refractivity contribution in [2.24, 2.45) is 20.5 Å². The third-order valence-electron chi connectivity index (χ3n) is 7.11. The second kappa shape index (κ2) is 19.1. The minimum Gasteiger partial charge on any atom is -0.505 e. The van der Waals surface area contributed by atoms with Gasteiger partial charge >= 0.3 is 10.4 Å². The zero-order chi connectivity index (χ0) is 42.1. The fourth-order valence-electron chi connectivity index (χ4n) is 4.51. The van der Waals surface area contributed by atoms with E-state index in [1.165, 1.54) is 44.6 Å². The number of sulfone groups is 1. The maximum atomic E-state index is 12.8. The molecule has 6 N–H and O–H groups in total. The van der Waals surface area contributed by atoms with E-state index in [1.807, 2.05) is 6.11 Å². The lowest BCUT2D eigenvalue weighted by molar-refractivity contribution is -0.432. The van der Waals surface area contributed by atoms with Crippen LogP contribution >= 0.6 is 23.8 Å². The predicted octanol–water partition coefficient (Wildman–Crippen LogP) is 5.75. The first-order valence-corrected chi connectivity index (χ1v) is 21.1. The Morgan fingerprint density at radius 2 is 1.51 bits per heavy atom. The molecule has 4 aromatic carbocycles. The van der Waals surface area contributed by atoms with E-state index in [2.05, 4.69) is 44.3 Å². The number of nitrogen functional groups attached to an aromatic ring is 1. The molecule has 0 saturated carbocycles. The van der Waals surface area contributed by atoms with Gasteiger partial charge in [-0.3, -0.25) is 14.0 Å². The van der Waals surface area contributed by atoms with Gasteiger partial charge in [0.25, 0.3) is 10.1 Å². The van der Waals surface area contributed by atoms with Gasteiger partial charge in [0.1, 0.15) is 39.1 Å². The first kappa shape index (κ1) is 44.9. The van der Waals surface area contributed by atoms with E-state index in [-0.39, 0.29) is 67.1 Å². The number of phenolic OH excluding ortho intramolecular Hbond substituents is 1. The Morgan fingerprint density at radius 3 is 2.14 bits per heavy atom. The van der Waals surface area contributed by atoms with Crippen molar-refractivity contribution in [1.82, 2.24) is 4.90 Å². The minimum atomic E-state index is -5.03. The number of ether oxygens (including phenoxy) is 2. The molecule has 0 aromatic heterocycles. The van der Waals surface area contributed by atoms with Crippen molar-refractivity contribution in [3.05, 3.63) is 48.5 Å². The molecular formula is C30H30N6O16S5. The van der Waals surface area contributed by atoms with E-state index in [0.29, 0.717) is 16.9 Å². The molecule has 0 fully saturated rings. The van der Waals surface area contributed by atoms with Crippen molar-refractivity contribution in [3.63, 3.8) is 0 Å². The molecule has 0 radical (unpaired) electrons. The number of azo groups is 2. The van der Waals surface area contributed by atoms with Crippen LogP contribution in [0.1, 0.15) is 0 Å². The van der Waals surface area contributed by atoms with Crippen molar-refractivity contribution in [1.29, 1.82) is 0 Å². The summed E-state index contributed by atoms with van der Waals surface area (Å²) in [6, 6.07) is 9.80. The molecule has 0 spiro atoms. The quantitative estimate of drug-likeness (QED) is 0.0123. The number of anilines is 1. The Kier molecular flexibility index (Phi) is 15.0. The molecule has 0 aliphatic carbocycles. The average molecular weight is 891 g/mol. The number of nitrogens with zero attached hydrogens (tertiary/aromatic N) is 5. The summed E-state index contributed by atoms with van der Waals surface area (Å²) in [5, 5.41) is 42.9. The number of nitrogens with two attached hydrogens (primary N) is 1. The molecule has 0 aliphatic rings. The van der Waals surface area contributed by atoms with Gasteiger partial charge in [0.2, 0.25) is 0 Å². The fourth-order valence-corrected chi connectivity index (χ4v) is 7.85. The van der Waals surface area contributed by atoms with Crippen LogP contribution in [0.5, 0.6) is 17.2 Å². The molecular weight excluding hydrogens is 861 g/mol. The largest absolute Gasteiger partial charge is 0.505 e. The lowest BCUT2D eigenvalue weighted by Crippen LogP contribution is -2.22. The fraction of sp³-hybridized carbons (Fsp3) is 0.200. The summed E-state index contributed by atoms with van der Waals surface area (Å²) in [6.07, 6.45) is 1.90. The molecule has 0 saturated heterocycles. The molecule has 0 aliphatic heterocycles. The van der Waals surface area contributed by atoms with Gasteiger partial charge in [-0.1, -0.05) is 5.04 Å². The van der Waals surface area contributed by atoms with Crippen LogP contribution in [0, 0.1) is 11.4 Å². The van der Waals surface area contributed by atoms with E-state index < -0.39 is 46.7 Å². The monoisotopic (exact) mass is 890 g/mol. The third-order valence-corrected chi connectivity index (χ3v) is 11.3. The van der Waals surface area contributed by atoms with Crippen LogP contribution in [0.3, 0.4) is 0 Å². The first-order valence-electron chi connectivity index (χ1n) is 15.1. The number of benzene rings is 4. The smallest absolute Gasteiger partial charge is 0.433 e. The van der Waals surface area contributed by atoms with Gasteiger partial charge in [-0.05, 0) is 66.6 Å². The van der Waals surface area contributed by atoms with Gasteiger partial charge < -0.3 is 25.2 Å². The molecule has 0 heterocycles. The van der Waals surface area contributed by atoms with Crippen LogP contribution in [0.15, 0.2) is 88.6 Å². The van der Waals surface area contributed by atoms with Gasteiger partial charge in [-0.25, -0.2) is 13.7 Å². The zero-order valence-corrected chi connectivity index (χ0v) is 33.7. The highest BCUT2D eigenvalue weighted by atomic mass is 32.3. The second-order valence-corrected chi connectivity index (χ2v) is 17.2. The molecule has 0 amide bonds. The number of phenols is 1. The lowest BCUT2D eigenvalue weighted by Gasteiger charge is -2.13. The van der Waals surface area contributed by atoms with Gasteiger partial charge in [-0.2, -0.15) is 16.8 Å². The number of hydrogen-bond donors (Lipinski definition) is 5. The van der Waals surface area contributed by atoms with Crippen molar-refractivity contribution in [2.75, 3.05) is 46.3 Å². The minimum absolute atomic E-state index is 0.0245. The van der Waals surface area contributed by atoms with Gasteiger partial charge in [-0.15, -0.1) is 24.8 Å². The lowest BCUT2D eigenvalue weighted by atomic mass is 10.1. The first-order chi connectivity index (χ1) is 26.8. The van der Waals surface area contributed by atoms with Gasteiger partial charge in [0.15, 0.2) is 21.7 Å². The highest BCUT2D eigenvalue weighted by molar-refractivity contribution is 8.04. The zero-order valence-electron chi connectivity index (χ0n) is 29.6. The predicted molar refractivity (Wildman–Crippen MR) is 203 cm³/mol. The molecule has 57 heavy (non-hydrogen) atoms. The van der Waals surface area contributed by atoms with E-state index in [0.717, 1.165) is 30.0 Å². The van der Waals surface area contributed by atoms with Crippen LogP contribution in [-0.2, 0) is 48.9 Å². The highest BCUT2D eigenvalue weighted by Gasteiger charge is 2.23. The average Bonchev–Trinajstić information content (AvgIpc) is 3.14. The molecule has 0 unspecified atom stereocenters. The molecule has 4 rings (SSSR count). The molecule has 22 nitrogen and oxygen atoms in total. The van der Waals surface area contributed by atoms with Crippen molar-refractivity contribution in [3.8, 4) is 28.6 Å². The topological polar surface area (TPSA) is 317 Å². The summed E-state index contributed by atoms with van der Waals surface area (Å²) in [5.41, 5.74) is 5.44. The van der Waals surface area contributed by atoms with Crippen LogP contribution in [-0.4, -0.2) is 90.2 Å².